The fourth-order valence-corrected chi connectivity index (χ4v) is 6.58. The number of thioether (sulfide) groups is 1. The zero-order chi connectivity index (χ0) is 15.4. The molecule has 0 unspecified atom stereocenters. The maximum absolute atomic E-state index is 13.1. The SMILES string of the molecule is O=C(CSc1ncnc2nc[nH]c12)C12CC3CC(CC(C3)C1)C2. The van der Waals surface area contributed by atoms with Gasteiger partial charge in [0.1, 0.15) is 22.7 Å². The molecule has 0 spiro atoms. The Morgan fingerprint density at radius 3 is 2.52 bits per heavy atom. The number of fused-ring (bicyclic) bond motifs is 1. The quantitative estimate of drug-likeness (QED) is 0.689. The molecular formula is C17H20N4OS. The standard InChI is InChI=1S/C17H20N4OS/c22-13(7-23-16-14-15(19-8-18-14)20-9-21-16)17-4-10-1-11(5-17)3-12(2-10)6-17/h8-12H,1-7H2,(H,18,19,20,21). The van der Waals surface area contributed by atoms with E-state index in [4.69, 9.17) is 0 Å². The lowest BCUT2D eigenvalue weighted by Crippen LogP contribution is -2.50. The smallest absolute Gasteiger partial charge is 0.181 e. The molecule has 1 N–H and O–H groups in total. The topological polar surface area (TPSA) is 71.5 Å². The van der Waals surface area contributed by atoms with E-state index in [0.29, 0.717) is 17.2 Å². The molecule has 120 valence electrons. The molecule has 2 heterocycles. The van der Waals surface area contributed by atoms with Gasteiger partial charge in [-0.25, -0.2) is 15.0 Å². The van der Waals surface area contributed by atoms with Crippen LogP contribution in [0.15, 0.2) is 17.7 Å². The molecule has 4 aliphatic rings. The highest BCUT2D eigenvalue weighted by Crippen LogP contribution is 2.60. The first kappa shape index (κ1) is 14.0. The number of imidazole rings is 1. The fourth-order valence-electron chi connectivity index (χ4n) is 5.59. The number of nitrogens with zero attached hydrogens (tertiary/aromatic N) is 3. The summed E-state index contributed by atoms with van der Waals surface area (Å²) in [5.41, 5.74) is 1.50. The van der Waals surface area contributed by atoms with E-state index in [1.165, 1.54) is 37.4 Å². The van der Waals surface area contributed by atoms with Crippen LogP contribution in [-0.4, -0.2) is 31.5 Å². The maximum atomic E-state index is 13.1. The van der Waals surface area contributed by atoms with E-state index in [1.54, 1.807) is 6.33 Å². The molecule has 0 aliphatic heterocycles. The summed E-state index contributed by atoms with van der Waals surface area (Å²) in [6, 6.07) is 0. The van der Waals surface area contributed by atoms with Gasteiger partial charge < -0.3 is 4.98 Å². The molecule has 2 aromatic heterocycles. The van der Waals surface area contributed by atoms with Crippen molar-refractivity contribution < 1.29 is 4.79 Å². The third-order valence-electron chi connectivity index (χ3n) is 6.16. The molecule has 0 radical (unpaired) electrons. The number of carbonyl (C=O) groups is 1. The summed E-state index contributed by atoms with van der Waals surface area (Å²) in [7, 11) is 0. The first-order valence-electron chi connectivity index (χ1n) is 8.52. The number of carbonyl (C=O) groups excluding carboxylic acids is 1. The van der Waals surface area contributed by atoms with Crippen molar-refractivity contribution in [3.05, 3.63) is 12.7 Å². The monoisotopic (exact) mass is 328 g/mol. The number of hydrogen-bond acceptors (Lipinski definition) is 5. The largest absolute Gasteiger partial charge is 0.341 e. The number of ketones is 1. The van der Waals surface area contributed by atoms with Crippen LogP contribution >= 0.6 is 11.8 Å². The van der Waals surface area contributed by atoms with Crippen LogP contribution in [0.2, 0.25) is 0 Å². The number of hydrogen-bond donors (Lipinski definition) is 1. The number of nitrogens with one attached hydrogen (secondary N) is 1. The fraction of sp³-hybridized carbons (Fsp3) is 0.647. The Bertz CT molecular complexity index is 736. The Kier molecular flexibility index (Phi) is 3.05. The van der Waals surface area contributed by atoms with E-state index in [2.05, 4.69) is 19.9 Å². The van der Waals surface area contributed by atoms with E-state index < -0.39 is 0 Å². The number of aromatic amines is 1. The lowest BCUT2D eigenvalue weighted by Gasteiger charge is -2.56. The van der Waals surface area contributed by atoms with Crippen LogP contribution in [0.5, 0.6) is 0 Å². The third-order valence-corrected chi connectivity index (χ3v) is 7.15. The molecule has 4 fully saturated rings. The highest BCUT2D eigenvalue weighted by molar-refractivity contribution is 8.00. The second-order valence-electron chi connectivity index (χ2n) is 7.69. The number of H-pyrrole nitrogens is 1. The van der Waals surface area contributed by atoms with Crippen molar-refractivity contribution in [2.24, 2.45) is 23.2 Å². The highest BCUT2D eigenvalue weighted by atomic mass is 32.2. The van der Waals surface area contributed by atoms with Gasteiger partial charge in [0.05, 0.1) is 12.1 Å². The van der Waals surface area contributed by atoms with E-state index in [1.807, 2.05) is 0 Å². The summed E-state index contributed by atoms with van der Waals surface area (Å²) in [6.07, 6.45) is 10.7. The second-order valence-corrected chi connectivity index (χ2v) is 8.65. The molecule has 4 aliphatic carbocycles. The summed E-state index contributed by atoms with van der Waals surface area (Å²) >= 11 is 1.54. The van der Waals surface area contributed by atoms with Crippen molar-refractivity contribution >= 4 is 28.7 Å². The number of aromatic nitrogens is 4. The van der Waals surface area contributed by atoms with Gasteiger partial charge >= 0.3 is 0 Å². The lowest BCUT2D eigenvalue weighted by molar-refractivity contribution is -0.141. The first-order chi connectivity index (χ1) is 11.2. The normalized spacial score (nSPS) is 35.0. The Labute approximate surface area is 139 Å². The Morgan fingerprint density at radius 1 is 1.13 bits per heavy atom. The van der Waals surface area contributed by atoms with Gasteiger partial charge in [-0.1, -0.05) is 11.8 Å². The average Bonchev–Trinajstić information content (AvgIpc) is 3.00. The van der Waals surface area contributed by atoms with Crippen LogP contribution in [0, 0.1) is 23.2 Å². The van der Waals surface area contributed by atoms with Gasteiger partial charge in [0.15, 0.2) is 5.65 Å². The summed E-state index contributed by atoms with van der Waals surface area (Å²) < 4.78 is 0. The van der Waals surface area contributed by atoms with Gasteiger partial charge in [0.25, 0.3) is 0 Å². The molecule has 6 rings (SSSR count). The first-order valence-corrected chi connectivity index (χ1v) is 9.51. The van der Waals surface area contributed by atoms with Crippen LogP contribution in [0.4, 0.5) is 0 Å². The van der Waals surface area contributed by atoms with Crippen LogP contribution in [0.1, 0.15) is 38.5 Å². The second kappa shape index (κ2) is 5.03. The minimum absolute atomic E-state index is 0.0120. The van der Waals surface area contributed by atoms with Gasteiger partial charge in [-0.05, 0) is 56.3 Å². The summed E-state index contributed by atoms with van der Waals surface area (Å²) in [5.74, 6) is 3.42. The van der Waals surface area contributed by atoms with Crippen molar-refractivity contribution in [1.29, 1.82) is 0 Å². The third kappa shape index (κ3) is 2.22. The van der Waals surface area contributed by atoms with Crippen molar-refractivity contribution in [2.75, 3.05) is 5.75 Å². The summed E-state index contributed by atoms with van der Waals surface area (Å²) in [4.78, 5) is 28.7. The molecule has 0 atom stereocenters. The Morgan fingerprint density at radius 2 is 1.83 bits per heavy atom. The number of rotatable bonds is 4. The molecule has 23 heavy (non-hydrogen) atoms. The maximum Gasteiger partial charge on any atom is 0.181 e. The average molecular weight is 328 g/mol. The van der Waals surface area contributed by atoms with Crippen LogP contribution < -0.4 is 0 Å². The molecule has 0 saturated heterocycles. The van der Waals surface area contributed by atoms with Gasteiger partial charge in [-0.15, -0.1) is 0 Å². The van der Waals surface area contributed by atoms with Gasteiger partial charge in [0, 0.05) is 5.41 Å². The molecule has 6 heteroatoms. The van der Waals surface area contributed by atoms with Crippen molar-refractivity contribution in [3.8, 4) is 0 Å². The van der Waals surface area contributed by atoms with E-state index in [0.717, 1.165) is 47.6 Å². The predicted molar refractivity (Wildman–Crippen MR) is 88.0 cm³/mol. The van der Waals surface area contributed by atoms with E-state index in [-0.39, 0.29) is 5.41 Å². The molecule has 4 bridgehead atoms. The number of Topliss-reactive ketones (excluding diaryl/α,β-unsaturated/α-hetero) is 1. The van der Waals surface area contributed by atoms with E-state index >= 15 is 0 Å². The van der Waals surface area contributed by atoms with Crippen LogP contribution in [0.3, 0.4) is 0 Å². The van der Waals surface area contributed by atoms with Crippen molar-refractivity contribution in [2.45, 2.75) is 43.6 Å². The zero-order valence-corrected chi connectivity index (χ0v) is 13.8. The zero-order valence-electron chi connectivity index (χ0n) is 13.0. The predicted octanol–water partition coefficient (Wildman–Crippen LogP) is 3.23. The lowest BCUT2D eigenvalue weighted by atomic mass is 9.48. The van der Waals surface area contributed by atoms with Crippen LogP contribution in [0.25, 0.3) is 11.2 Å². The Balaban J connectivity index is 1.35. The summed E-state index contributed by atoms with van der Waals surface area (Å²) in [5, 5.41) is 0.838. The molecule has 0 aromatic carbocycles. The highest BCUT2D eigenvalue weighted by Gasteiger charge is 2.54. The molecule has 0 amide bonds. The van der Waals surface area contributed by atoms with Gasteiger partial charge in [-0.2, -0.15) is 0 Å². The van der Waals surface area contributed by atoms with Gasteiger partial charge in [0.2, 0.25) is 0 Å². The van der Waals surface area contributed by atoms with Crippen molar-refractivity contribution in [3.63, 3.8) is 0 Å². The minimum atomic E-state index is -0.0120. The van der Waals surface area contributed by atoms with Crippen LogP contribution in [-0.2, 0) is 4.79 Å². The molecule has 4 saturated carbocycles. The summed E-state index contributed by atoms with van der Waals surface area (Å²) in [6.45, 7) is 0. The van der Waals surface area contributed by atoms with Crippen molar-refractivity contribution in [1.82, 2.24) is 19.9 Å². The van der Waals surface area contributed by atoms with Gasteiger partial charge in [-0.3, -0.25) is 4.79 Å². The molecule has 2 aromatic rings. The minimum Gasteiger partial charge on any atom is -0.341 e. The Hall–Kier alpha value is -1.43. The molecule has 5 nitrogen and oxygen atoms in total. The van der Waals surface area contributed by atoms with E-state index in [9.17, 15) is 4.79 Å². The molecular weight excluding hydrogens is 308 g/mol.